The fraction of sp³-hybridized carbons (Fsp3) is 0.296. The molecule has 0 unspecified atom stereocenters. The monoisotopic (exact) mass is 492 g/mol. The summed E-state index contributed by atoms with van der Waals surface area (Å²) in [7, 11) is 3.18. The van der Waals surface area contributed by atoms with Gasteiger partial charge in [0, 0.05) is 36.1 Å². The Morgan fingerprint density at radius 3 is 2.69 bits per heavy atom. The van der Waals surface area contributed by atoms with Crippen molar-refractivity contribution in [3.63, 3.8) is 0 Å². The second-order valence-electron chi connectivity index (χ2n) is 9.24. The number of nitrogens with one attached hydrogen (secondary N) is 1. The van der Waals surface area contributed by atoms with Gasteiger partial charge in [-0.15, -0.1) is 0 Å². The molecule has 0 aliphatic carbocycles. The highest BCUT2D eigenvalue weighted by Gasteiger charge is 2.23. The maximum absolute atomic E-state index is 15.1. The van der Waals surface area contributed by atoms with Crippen LogP contribution in [0.25, 0.3) is 33.4 Å². The minimum Gasteiger partial charge on any atom is -0.497 e. The van der Waals surface area contributed by atoms with E-state index < -0.39 is 17.5 Å². The molecule has 0 aliphatic rings. The van der Waals surface area contributed by atoms with E-state index in [9.17, 15) is 4.79 Å². The molecule has 0 radical (unpaired) electrons. The van der Waals surface area contributed by atoms with Gasteiger partial charge in [-0.3, -0.25) is 9.97 Å². The lowest BCUT2D eigenvalue weighted by Gasteiger charge is -2.24. The van der Waals surface area contributed by atoms with E-state index in [1.807, 2.05) is 32.9 Å². The Labute approximate surface area is 209 Å². The van der Waals surface area contributed by atoms with Gasteiger partial charge in [0.1, 0.15) is 29.5 Å². The number of ether oxygens (including phenoxy) is 3. The minimum atomic E-state index is -0.585. The molecule has 1 aromatic carbocycles. The number of pyridine rings is 2. The molecule has 3 aromatic heterocycles. The van der Waals surface area contributed by atoms with Crippen LogP contribution in [0.15, 0.2) is 55.0 Å². The lowest BCUT2D eigenvalue weighted by molar-refractivity contribution is 0.0278. The summed E-state index contributed by atoms with van der Waals surface area (Å²) >= 11 is 0. The molecule has 9 heteroatoms. The van der Waals surface area contributed by atoms with Crippen LogP contribution in [0.2, 0.25) is 0 Å². The maximum Gasteiger partial charge on any atom is 0.410 e. The summed E-state index contributed by atoms with van der Waals surface area (Å²) in [6.07, 6.45) is 4.46. The molecular formula is C27H29FN4O4. The molecule has 0 aliphatic heterocycles. The van der Waals surface area contributed by atoms with Crippen LogP contribution < -0.4 is 9.47 Å². The summed E-state index contributed by atoms with van der Waals surface area (Å²) in [5.41, 5.74) is 3.03. The van der Waals surface area contributed by atoms with Crippen LogP contribution in [-0.2, 0) is 4.74 Å². The van der Waals surface area contributed by atoms with Crippen molar-refractivity contribution in [2.45, 2.75) is 26.4 Å². The van der Waals surface area contributed by atoms with Gasteiger partial charge in [-0.05, 0) is 57.2 Å². The summed E-state index contributed by atoms with van der Waals surface area (Å²) in [6, 6.07) is 10.1. The standard InChI is InChI=1S/C27H29FN4O4/c1-27(2,3)36-26(33)32(4)13-14-35-22-16-29-12-10-18(22)24-23(25-21(31-24)7-6-11-30-25)19-15-17(34-5)8-9-20(19)28/h6-12,15-16,31H,13-14H2,1-5H3. The van der Waals surface area contributed by atoms with Crippen LogP contribution in [0.4, 0.5) is 9.18 Å². The van der Waals surface area contributed by atoms with Crippen LogP contribution in [0.3, 0.4) is 0 Å². The number of benzene rings is 1. The summed E-state index contributed by atoms with van der Waals surface area (Å²) < 4.78 is 31.8. The molecule has 0 saturated heterocycles. The SMILES string of the molecule is COc1ccc(F)c(-c2c(-c3ccncc3OCCN(C)C(=O)OC(C)(C)C)[nH]c3cccnc23)c1. The highest BCUT2D eigenvalue weighted by molar-refractivity contribution is 6.02. The molecule has 36 heavy (non-hydrogen) atoms. The number of hydrogen-bond acceptors (Lipinski definition) is 6. The van der Waals surface area contributed by atoms with Gasteiger partial charge >= 0.3 is 6.09 Å². The van der Waals surface area contributed by atoms with Crippen molar-refractivity contribution < 1.29 is 23.4 Å². The predicted molar refractivity (Wildman–Crippen MR) is 136 cm³/mol. The van der Waals surface area contributed by atoms with Crippen LogP contribution >= 0.6 is 0 Å². The normalized spacial score (nSPS) is 11.4. The zero-order valence-corrected chi connectivity index (χ0v) is 21.0. The van der Waals surface area contributed by atoms with Crippen LogP contribution in [0.5, 0.6) is 11.5 Å². The molecule has 1 amide bonds. The molecule has 1 N–H and O–H groups in total. The van der Waals surface area contributed by atoms with Crippen molar-refractivity contribution in [1.82, 2.24) is 19.9 Å². The van der Waals surface area contributed by atoms with Crippen molar-refractivity contribution in [1.29, 1.82) is 0 Å². The quantitative estimate of drug-likeness (QED) is 0.357. The van der Waals surface area contributed by atoms with Crippen LogP contribution in [0, 0.1) is 5.82 Å². The fourth-order valence-corrected chi connectivity index (χ4v) is 3.73. The number of H-pyrrole nitrogens is 1. The first-order chi connectivity index (χ1) is 17.2. The molecule has 3 heterocycles. The number of methoxy groups -OCH3 is 1. The largest absolute Gasteiger partial charge is 0.497 e. The highest BCUT2D eigenvalue weighted by atomic mass is 19.1. The average molecular weight is 493 g/mol. The minimum absolute atomic E-state index is 0.204. The van der Waals surface area contributed by atoms with E-state index in [1.165, 1.54) is 18.1 Å². The lowest BCUT2D eigenvalue weighted by Crippen LogP contribution is -2.36. The van der Waals surface area contributed by atoms with Gasteiger partial charge < -0.3 is 24.1 Å². The van der Waals surface area contributed by atoms with Crippen molar-refractivity contribution in [3.8, 4) is 33.9 Å². The topological polar surface area (TPSA) is 89.6 Å². The molecule has 0 atom stereocenters. The predicted octanol–water partition coefficient (Wildman–Crippen LogP) is 5.69. The number of carbonyl (C=O) groups excluding carboxylic acids is 1. The Kier molecular flexibility index (Phi) is 7.10. The Balaban J connectivity index is 1.69. The number of likely N-dealkylation sites (N-methyl/N-ethyl adjacent to an activating group) is 1. The van der Waals surface area contributed by atoms with Crippen molar-refractivity contribution in [2.75, 3.05) is 27.3 Å². The molecule has 0 saturated carbocycles. The van der Waals surface area contributed by atoms with E-state index in [1.54, 1.807) is 43.8 Å². The van der Waals surface area contributed by atoms with Gasteiger partial charge in [0.15, 0.2) is 0 Å². The Morgan fingerprint density at radius 1 is 1.14 bits per heavy atom. The third-order valence-electron chi connectivity index (χ3n) is 5.44. The average Bonchev–Trinajstić information content (AvgIpc) is 3.23. The molecule has 8 nitrogen and oxygen atoms in total. The van der Waals surface area contributed by atoms with E-state index in [2.05, 4.69) is 15.0 Å². The zero-order chi connectivity index (χ0) is 25.9. The van der Waals surface area contributed by atoms with Crippen LogP contribution in [-0.4, -0.2) is 58.9 Å². The summed E-state index contributed by atoms with van der Waals surface area (Å²) in [6.45, 7) is 5.95. The van der Waals surface area contributed by atoms with E-state index in [0.29, 0.717) is 45.9 Å². The number of carbonyl (C=O) groups is 1. The first kappa shape index (κ1) is 25.0. The Bertz CT molecular complexity index is 1380. The fourth-order valence-electron chi connectivity index (χ4n) is 3.73. The summed E-state index contributed by atoms with van der Waals surface area (Å²) in [4.78, 5) is 25.8. The number of amides is 1. The van der Waals surface area contributed by atoms with Gasteiger partial charge in [-0.1, -0.05) is 0 Å². The van der Waals surface area contributed by atoms with Gasteiger partial charge in [0.05, 0.1) is 36.6 Å². The second kappa shape index (κ2) is 10.2. The second-order valence-corrected chi connectivity index (χ2v) is 9.24. The van der Waals surface area contributed by atoms with E-state index in [-0.39, 0.29) is 6.61 Å². The molecule has 0 fully saturated rings. The number of rotatable bonds is 7. The third-order valence-corrected chi connectivity index (χ3v) is 5.44. The first-order valence-electron chi connectivity index (χ1n) is 11.5. The number of hydrogen-bond donors (Lipinski definition) is 1. The van der Waals surface area contributed by atoms with Gasteiger partial charge in [0.25, 0.3) is 0 Å². The molecule has 4 aromatic rings. The van der Waals surface area contributed by atoms with Gasteiger partial charge in [0.2, 0.25) is 0 Å². The Hall–Kier alpha value is -4.14. The number of aromatic amines is 1. The zero-order valence-electron chi connectivity index (χ0n) is 21.0. The van der Waals surface area contributed by atoms with Gasteiger partial charge in [-0.25, -0.2) is 9.18 Å². The highest BCUT2D eigenvalue weighted by Crippen LogP contribution is 2.42. The molecule has 0 bridgehead atoms. The third kappa shape index (κ3) is 5.40. The first-order valence-corrected chi connectivity index (χ1v) is 11.5. The molecular weight excluding hydrogens is 463 g/mol. The lowest BCUT2D eigenvalue weighted by atomic mass is 9.99. The number of halogens is 1. The van der Waals surface area contributed by atoms with Crippen molar-refractivity contribution in [2.24, 2.45) is 0 Å². The van der Waals surface area contributed by atoms with Gasteiger partial charge in [-0.2, -0.15) is 0 Å². The van der Waals surface area contributed by atoms with Crippen LogP contribution in [0.1, 0.15) is 20.8 Å². The Morgan fingerprint density at radius 2 is 1.94 bits per heavy atom. The maximum atomic E-state index is 15.1. The van der Waals surface area contributed by atoms with E-state index in [4.69, 9.17) is 14.2 Å². The molecule has 188 valence electrons. The molecule has 0 spiro atoms. The van der Waals surface area contributed by atoms with Crippen molar-refractivity contribution >= 4 is 17.1 Å². The van der Waals surface area contributed by atoms with Crippen molar-refractivity contribution in [3.05, 3.63) is 60.8 Å². The number of fused-ring (bicyclic) bond motifs is 1. The number of nitrogens with zero attached hydrogens (tertiary/aromatic N) is 3. The molecule has 4 rings (SSSR count). The van der Waals surface area contributed by atoms with E-state index >= 15 is 4.39 Å². The summed E-state index contributed by atoms with van der Waals surface area (Å²) in [5.74, 6) is 0.601. The number of aromatic nitrogens is 3. The smallest absolute Gasteiger partial charge is 0.410 e. The van der Waals surface area contributed by atoms with E-state index in [0.717, 1.165) is 5.52 Å². The summed E-state index contributed by atoms with van der Waals surface area (Å²) in [5, 5.41) is 0.